The van der Waals surface area contributed by atoms with Gasteiger partial charge in [-0.3, -0.25) is 0 Å². The van der Waals surface area contributed by atoms with Gasteiger partial charge in [-0.2, -0.15) is 0 Å². The van der Waals surface area contributed by atoms with Crippen LogP contribution in [0.25, 0.3) is 16.7 Å². The SMILES string of the molecule is Cc1ccc(OC(=O)c2cc(C(C)(C)C)cc(C(C)(C)C)c2)c(-n2nc3ccccc3n2)c1. The molecule has 170 valence electrons. The minimum absolute atomic E-state index is 0.0929. The van der Waals surface area contributed by atoms with E-state index in [1.54, 1.807) is 6.07 Å². The molecule has 4 rings (SSSR count). The molecule has 0 fully saturated rings. The highest BCUT2D eigenvalue weighted by molar-refractivity contribution is 5.92. The summed E-state index contributed by atoms with van der Waals surface area (Å²) in [5, 5.41) is 9.14. The summed E-state index contributed by atoms with van der Waals surface area (Å²) >= 11 is 0. The molecule has 0 spiro atoms. The molecular formula is C28H31N3O2. The molecule has 0 saturated heterocycles. The van der Waals surface area contributed by atoms with Gasteiger partial charge in [-0.25, -0.2) is 4.79 Å². The quantitative estimate of drug-likeness (QED) is 0.267. The Labute approximate surface area is 195 Å². The van der Waals surface area contributed by atoms with E-state index in [1.807, 2.05) is 55.5 Å². The van der Waals surface area contributed by atoms with Crippen molar-refractivity contribution in [3.05, 3.63) is 82.9 Å². The number of esters is 1. The lowest BCUT2D eigenvalue weighted by atomic mass is 9.79. The zero-order valence-electron chi connectivity index (χ0n) is 20.4. The first-order valence-electron chi connectivity index (χ1n) is 11.2. The van der Waals surface area contributed by atoms with Gasteiger partial charge in [0.25, 0.3) is 0 Å². The Morgan fingerprint density at radius 3 is 1.85 bits per heavy atom. The van der Waals surface area contributed by atoms with Gasteiger partial charge in [-0.1, -0.05) is 65.8 Å². The van der Waals surface area contributed by atoms with E-state index in [9.17, 15) is 4.79 Å². The average molecular weight is 442 g/mol. The van der Waals surface area contributed by atoms with Crippen LogP contribution in [0, 0.1) is 6.92 Å². The van der Waals surface area contributed by atoms with E-state index in [4.69, 9.17) is 4.74 Å². The Balaban J connectivity index is 1.75. The van der Waals surface area contributed by atoms with Crippen molar-refractivity contribution in [1.82, 2.24) is 15.0 Å². The Morgan fingerprint density at radius 1 is 0.788 bits per heavy atom. The number of nitrogens with zero attached hydrogens (tertiary/aromatic N) is 3. The monoisotopic (exact) mass is 441 g/mol. The molecule has 0 N–H and O–H groups in total. The molecule has 33 heavy (non-hydrogen) atoms. The molecule has 0 saturated carbocycles. The summed E-state index contributed by atoms with van der Waals surface area (Å²) in [6.07, 6.45) is 0. The second-order valence-corrected chi connectivity index (χ2v) is 10.6. The summed E-state index contributed by atoms with van der Waals surface area (Å²) in [7, 11) is 0. The van der Waals surface area contributed by atoms with Crippen LogP contribution in [0.3, 0.4) is 0 Å². The maximum absolute atomic E-state index is 13.3. The molecule has 0 atom stereocenters. The van der Waals surface area contributed by atoms with Crippen molar-refractivity contribution >= 4 is 17.0 Å². The molecule has 0 aliphatic heterocycles. The molecule has 3 aromatic carbocycles. The van der Waals surface area contributed by atoms with Gasteiger partial charge in [0.15, 0.2) is 5.75 Å². The van der Waals surface area contributed by atoms with E-state index in [1.165, 1.54) is 4.80 Å². The molecule has 1 heterocycles. The number of carbonyl (C=O) groups is 1. The number of fused-ring (bicyclic) bond motifs is 1. The topological polar surface area (TPSA) is 57.0 Å². The highest BCUT2D eigenvalue weighted by Crippen LogP contribution is 2.31. The van der Waals surface area contributed by atoms with Gasteiger partial charge in [0.2, 0.25) is 0 Å². The number of aromatic nitrogens is 3. The van der Waals surface area contributed by atoms with Crippen molar-refractivity contribution < 1.29 is 9.53 Å². The van der Waals surface area contributed by atoms with Crippen molar-refractivity contribution in [3.8, 4) is 11.4 Å². The van der Waals surface area contributed by atoms with Crippen LogP contribution >= 0.6 is 0 Å². The molecule has 0 aliphatic rings. The molecule has 1 aromatic heterocycles. The standard InChI is InChI=1S/C28H31N3O2/c1-18-12-13-25(24(14-18)31-29-22-10-8-9-11-23(22)30-31)33-26(32)19-15-20(27(2,3)4)17-21(16-19)28(5,6)7/h8-17H,1-7H3. The summed E-state index contributed by atoms with van der Waals surface area (Å²) < 4.78 is 5.93. The third kappa shape index (κ3) is 4.82. The van der Waals surface area contributed by atoms with E-state index in [0.717, 1.165) is 27.7 Å². The predicted octanol–water partition coefficient (Wildman–Crippen LogP) is 6.54. The zero-order valence-corrected chi connectivity index (χ0v) is 20.4. The first kappa shape index (κ1) is 22.7. The van der Waals surface area contributed by atoms with Gasteiger partial charge in [0.1, 0.15) is 16.7 Å². The van der Waals surface area contributed by atoms with Crippen molar-refractivity contribution in [3.63, 3.8) is 0 Å². The molecule has 0 amide bonds. The van der Waals surface area contributed by atoms with E-state index < -0.39 is 5.97 Å². The minimum Gasteiger partial charge on any atom is -0.421 e. The third-order valence-corrected chi connectivity index (χ3v) is 5.72. The molecular weight excluding hydrogens is 410 g/mol. The second kappa shape index (κ2) is 8.14. The molecule has 0 unspecified atom stereocenters. The molecule has 0 radical (unpaired) electrons. The third-order valence-electron chi connectivity index (χ3n) is 5.72. The van der Waals surface area contributed by atoms with Crippen LogP contribution in [0.2, 0.25) is 0 Å². The van der Waals surface area contributed by atoms with Crippen LogP contribution in [0.5, 0.6) is 5.75 Å². The fourth-order valence-corrected chi connectivity index (χ4v) is 3.61. The zero-order chi connectivity index (χ0) is 24.0. The summed E-state index contributed by atoms with van der Waals surface area (Å²) in [4.78, 5) is 14.9. The van der Waals surface area contributed by atoms with Crippen molar-refractivity contribution in [1.29, 1.82) is 0 Å². The van der Waals surface area contributed by atoms with Crippen LogP contribution in [-0.2, 0) is 10.8 Å². The number of aryl methyl sites for hydroxylation is 1. The largest absolute Gasteiger partial charge is 0.421 e. The van der Waals surface area contributed by atoms with E-state index in [0.29, 0.717) is 17.0 Å². The smallest absolute Gasteiger partial charge is 0.343 e. The van der Waals surface area contributed by atoms with Gasteiger partial charge in [-0.05, 0) is 70.8 Å². The number of rotatable bonds is 3. The Hall–Kier alpha value is -3.47. The summed E-state index contributed by atoms with van der Waals surface area (Å²) in [6, 6.07) is 19.4. The molecule has 5 nitrogen and oxygen atoms in total. The summed E-state index contributed by atoms with van der Waals surface area (Å²) in [5.41, 5.74) is 5.77. The first-order chi connectivity index (χ1) is 15.4. The maximum atomic E-state index is 13.3. The molecule has 0 bridgehead atoms. The van der Waals surface area contributed by atoms with Gasteiger partial charge >= 0.3 is 5.97 Å². The van der Waals surface area contributed by atoms with E-state index >= 15 is 0 Å². The van der Waals surface area contributed by atoms with Gasteiger partial charge in [0, 0.05) is 0 Å². The van der Waals surface area contributed by atoms with Crippen LogP contribution in [0.4, 0.5) is 0 Å². The van der Waals surface area contributed by atoms with Crippen LogP contribution in [0.1, 0.15) is 68.6 Å². The fourth-order valence-electron chi connectivity index (χ4n) is 3.61. The highest BCUT2D eigenvalue weighted by Gasteiger charge is 2.23. The lowest BCUT2D eigenvalue weighted by molar-refractivity contribution is 0.0734. The lowest BCUT2D eigenvalue weighted by Crippen LogP contribution is -2.19. The second-order valence-electron chi connectivity index (χ2n) is 10.6. The Morgan fingerprint density at radius 2 is 1.33 bits per heavy atom. The van der Waals surface area contributed by atoms with Crippen LogP contribution in [0.15, 0.2) is 60.7 Å². The van der Waals surface area contributed by atoms with Gasteiger partial charge in [-0.15, -0.1) is 15.0 Å². The average Bonchev–Trinajstić information content (AvgIpc) is 3.17. The molecule has 5 heteroatoms. The van der Waals surface area contributed by atoms with Crippen LogP contribution in [-0.4, -0.2) is 21.0 Å². The fraction of sp³-hybridized carbons (Fsp3) is 0.321. The van der Waals surface area contributed by atoms with Crippen LogP contribution < -0.4 is 4.74 Å². The predicted molar refractivity (Wildman–Crippen MR) is 132 cm³/mol. The van der Waals surface area contributed by atoms with Crippen molar-refractivity contribution in [2.24, 2.45) is 0 Å². The molecule has 0 aliphatic carbocycles. The number of hydrogen-bond donors (Lipinski definition) is 0. The summed E-state index contributed by atoms with van der Waals surface area (Å²) in [5.74, 6) is 0.0257. The normalized spacial score (nSPS) is 12.2. The minimum atomic E-state index is -0.395. The van der Waals surface area contributed by atoms with Crippen molar-refractivity contribution in [2.45, 2.75) is 59.3 Å². The lowest BCUT2D eigenvalue weighted by Gasteiger charge is -2.26. The first-order valence-corrected chi connectivity index (χ1v) is 11.2. The van der Waals surface area contributed by atoms with Crippen molar-refractivity contribution in [2.75, 3.05) is 0 Å². The van der Waals surface area contributed by atoms with Gasteiger partial charge < -0.3 is 4.74 Å². The number of benzene rings is 3. The van der Waals surface area contributed by atoms with E-state index in [-0.39, 0.29) is 10.8 Å². The molecule has 4 aromatic rings. The maximum Gasteiger partial charge on any atom is 0.343 e. The number of carbonyl (C=O) groups excluding carboxylic acids is 1. The number of ether oxygens (including phenoxy) is 1. The number of hydrogen-bond acceptors (Lipinski definition) is 4. The highest BCUT2D eigenvalue weighted by atomic mass is 16.5. The summed E-state index contributed by atoms with van der Waals surface area (Å²) in [6.45, 7) is 14.9. The van der Waals surface area contributed by atoms with E-state index in [2.05, 4.69) is 57.8 Å². The Bertz CT molecular complexity index is 1270. The Kier molecular flexibility index (Phi) is 5.61. The van der Waals surface area contributed by atoms with Gasteiger partial charge in [0.05, 0.1) is 5.56 Å².